The number of hydrogen-bond donors (Lipinski definition) is 1. The van der Waals surface area contributed by atoms with Crippen molar-refractivity contribution in [3.63, 3.8) is 0 Å². The van der Waals surface area contributed by atoms with Crippen molar-refractivity contribution in [2.45, 2.75) is 33.2 Å². The molecule has 6 nitrogen and oxygen atoms in total. The average Bonchev–Trinajstić information content (AvgIpc) is 2.55. The molecular weight excluding hydrogens is 306 g/mol. The van der Waals surface area contributed by atoms with Crippen molar-refractivity contribution in [2.75, 3.05) is 13.7 Å². The normalized spacial score (nSPS) is 10.5. The molecule has 1 heterocycles. The molecule has 1 aromatic heterocycles. The highest BCUT2D eigenvalue weighted by Gasteiger charge is 2.07. The number of para-hydroxylation sites is 1. The van der Waals surface area contributed by atoms with Crippen molar-refractivity contribution < 1.29 is 9.53 Å². The van der Waals surface area contributed by atoms with E-state index in [-0.39, 0.29) is 11.6 Å². The zero-order valence-corrected chi connectivity index (χ0v) is 14.3. The maximum Gasteiger partial charge on any atom is 0.348 e. The summed E-state index contributed by atoms with van der Waals surface area (Å²) >= 11 is 0. The molecule has 0 saturated carbocycles. The zero-order chi connectivity index (χ0) is 17.5. The van der Waals surface area contributed by atoms with Crippen LogP contribution in [0.2, 0.25) is 0 Å². The molecule has 0 aliphatic heterocycles. The van der Waals surface area contributed by atoms with Gasteiger partial charge in [0.05, 0.1) is 7.11 Å². The fourth-order valence-corrected chi connectivity index (χ4v) is 2.60. The molecule has 0 unspecified atom stereocenters. The zero-order valence-electron chi connectivity index (χ0n) is 14.3. The molecule has 0 saturated heterocycles. The number of amides is 1. The minimum absolute atomic E-state index is 0.0494. The van der Waals surface area contributed by atoms with Crippen molar-refractivity contribution in [1.29, 1.82) is 0 Å². The minimum Gasteiger partial charge on any atom is -0.496 e. The molecule has 0 atom stereocenters. The highest BCUT2D eigenvalue weighted by molar-refractivity contribution is 5.76. The third-order valence-electron chi connectivity index (χ3n) is 3.82. The van der Waals surface area contributed by atoms with Crippen molar-refractivity contribution in [1.82, 2.24) is 14.9 Å². The number of rotatable bonds is 7. The van der Waals surface area contributed by atoms with Gasteiger partial charge in [0, 0.05) is 30.9 Å². The van der Waals surface area contributed by atoms with Crippen molar-refractivity contribution in [3.05, 3.63) is 57.8 Å². The average molecular weight is 329 g/mol. The lowest BCUT2D eigenvalue weighted by molar-refractivity contribution is -0.121. The Balaban J connectivity index is 1.83. The van der Waals surface area contributed by atoms with Crippen LogP contribution in [0.25, 0.3) is 0 Å². The predicted octanol–water partition coefficient (Wildman–Crippen LogP) is 1.62. The first-order valence-corrected chi connectivity index (χ1v) is 7.95. The monoisotopic (exact) mass is 329 g/mol. The predicted molar refractivity (Wildman–Crippen MR) is 92.3 cm³/mol. The maximum absolute atomic E-state index is 12.0. The highest BCUT2D eigenvalue weighted by Crippen LogP contribution is 2.18. The molecule has 1 amide bonds. The maximum atomic E-state index is 12.0. The van der Waals surface area contributed by atoms with Gasteiger partial charge in [-0.3, -0.25) is 9.36 Å². The lowest BCUT2D eigenvalue weighted by Crippen LogP contribution is -2.33. The van der Waals surface area contributed by atoms with Gasteiger partial charge in [-0.05, 0) is 38.0 Å². The van der Waals surface area contributed by atoms with Gasteiger partial charge in [-0.25, -0.2) is 4.79 Å². The quantitative estimate of drug-likeness (QED) is 0.838. The smallest absolute Gasteiger partial charge is 0.348 e. The molecule has 0 spiro atoms. The number of carbonyl (C=O) groups excluding carboxylic acids is 1. The second-order valence-corrected chi connectivity index (χ2v) is 5.63. The molecule has 2 aromatic rings. The van der Waals surface area contributed by atoms with Crippen molar-refractivity contribution in [2.24, 2.45) is 0 Å². The van der Waals surface area contributed by atoms with Gasteiger partial charge in [0.25, 0.3) is 0 Å². The van der Waals surface area contributed by atoms with Crippen LogP contribution in [0.3, 0.4) is 0 Å². The number of nitrogens with zero attached hydrogens (tertiary/aromatic N) is 2. The molecule has 0 radical (unpaired) electrons. The third-order valence-corrected chi connectivity index (χ3v) is 3.82. The van der Waals surface area contributed by atoms with Crippen LogP contribution >= 0.6 is 0 Å². The number of methoxy groups -OCH3 is 1. The largest absolute Gasteiger partial charge is 0.496 e. The van der Waals surface area contributed by atoms with E-state index in [0.29, 0.717) is 31.6 Å². The van der Waals surface area contributed by atoms with Gasteiger partial charge in [-0.1, -0.05) is 18.2 Å². The first kappa shape index (κ1) is 17.7. The number of aryl methyl sites for hydroxylation is 3. The van der Waals surface area contributed by atoms with Crippen LogP contribution in [-0.2, 0) is 17.8 Å². The molecule has 6 heteroatoms. The number of ether oxygens (including phenoxy) is 1. The Kier molecular flexibility index (Phi) is 6.12. The molecule has 2 rings (SSSR count). The molecule has 128 valence electrons. The Morgan fingerprint density at radius 1 is 1.29 bits per heavy atom. The van der Waals surface area contributed by atoms with Crippen molar-refractivity contribution >= 4 is 5.91 Å². The molecular formula is C18H23N3O3. The van der Waals surface area contributed by atoms with Gasteiger partial charge >= 0.3 is 5.69 Å². The van der Waals surface area contributed by atoms with E-state index in [2.05, 4.69) is 10.3 Å². The lowest BCUT2D eigenvalue weighted by atomic mass is 10.1. The number of aromatic nitrogens is 2. The van der Waals surface area contributed by atoms with Crippen LogP contribution in [0.1, 0.15) is 23.4 Å². The summed E-state index contributed by atoms with van der Waals surface area (Å²) in [4.78, 5) is 27.7. The SMILES string of the molecule is COc1ccccc1CCC(=O)NCCn1c(C)cc(C)nc1=O. The lowest BCUT2D eigenvalue weighted by Gasteiger charge is -2.11. The van der Waals surface area contributed by atoms with E-state index in [9.17, 15) is 9.59 Å². The second kappa shape index (κ2) is 8.29. The molecule has 0 aliphatic carbocycles. The van der Waals surface area contributed by atoms with E-state index >= 15 is 0 Å². The molecule has 0 fully saturated rings. The Bertz CT molecular complexity index is 768. The summed E-state index contributed by atoms with van der Waals surface area (Å²) in [7, 11) is 1.62. The third kappa shape index (κ3) is 4.68. The number of carbonyl (C=O) groups is 1. The van der Waals surface area contributed by atoms with Crippen molar-refractivity contribution in [3.8, 4) is 5.75 Å². The van der Waals surface area contributed by atoms with Gasteiger partial charge in [0.15, 0.2) is 0 Å². The summed E-state index contributed by atoms with van der Waals surface area (Å²) in [6.07, 6.45) is 0.987. The molecule has 0 aliphatic rings. The Hall–Kier alpha value is -2.63. The van der Waals surface area contributed by atoms with Crippen LogP contribution in [0.15, 0.2) is 35.1 Å². The van der Waals surface area contributed by atoms with E-state index in [1.165, 1.54) is 0 Å². The highest BCUT2D eigenvalue weighted by atomic mass is 16.5. The van der Waals surface area contributed by atoms with Gasteiger partial charge in [0.2, 0.25) is 5.91 Å². The Morgan fingerprint density at radius 2 is 2.04 bits per heavy atom. The number of nitrogens with one attached hydrogen (secondary N) is 1. The van der Waals surface area contributed by atoms with E-state index < -0.39 is 0 Å². The van der Waals surface area contributed by atoms with Gasteiger partial charge in [-0.15, -0.1) is 0 Å². The van der Waals surface area contributed by atoms with Crippen LogP contribution in [0.4, 0.5) is 0 Å². The second-order valence-electron chi connectivity index (χ2n) is 5.63. The van der Waals surface area contributed by atoms with E-state index in [0.717, 1.165) is 17.0 Å². The summed E-state index contributed by atoms with van der Waals surface area (Å²) in [5.41, 5.74) is 2.27. The summed E-state index contributed by atoms with van der Waals surface area (Å²) in [5, 5.41) is 2.84. The first-order valence-electron chi connectivity index (χ1n) is 7.95. The fourth-order valence-electron chi connectivity index (χ4n) is 2.60. The van der Waals surface area contributed by atoms with Gasteiger partial charge in [0.1, 0.15) is 5.75 Å². The van der Waals surface area contributed by atoms with Gasteiger partial charge < -0.3 is 10.1 Å². The molecule has 0 bridgehead atoms. The van der Waals surface area contributed by atoms with E-state index in [4.69, 9.17) is 4.74 Å². The van der Waals surface area contributed by atoms with E-state index in [1.54, 1.807) is 18.6 Å². The summed E-state index contributed by atoms with van der Waals surface area (Å²) in [6.45, 7) is 4.46. The molecule has 24 heavy (non-hydrogen) atoms. The Labute approximate surface area is 141 Å². The molecule has 1 N–H and O–H groups in total. The van der Waals surface area contributed by atoms with Crippen LogP contribution in [0, 0.1) is 13.8 Å². The first-order chi connectivity index (χ1) is 11.5. The Morgan fingerprint density at radius 3 is 2.75 bits per heavy atom. The standard InChI is InChI=1S/C18H23N3O3/c1-13-12-14(2)21(18(23)20-13)11-10-19-17(22)9-8-15-6-4-5-7-16(15)24-3/h4-7,12H,8-11H2,1-3H3,(H,19,22). The fraction of sp³-hybridized carbons (Fsp3) is 0.389. The van der Waals surface area contributed by atoms with Crippen LogP contribution in [-0.4, -0.2) is 29.1 Å². The number of benzene rings is 1. The summed E-state index contributed by atoms with van der Waals surface area (Å²) in [6, 6.07) is 9.51. The number of hydrogen-bond acceptors (Lipinski definition) is 4. The van der Waals surface area contributed by atoms with Crippen LogP contribution < -0.4 is 15.7 Å². The minimum atomic E-state index is -0.282. The van der Waals surface area contributed by atoms with Crippen LogP contribution in [0.5, 0.6) is 5.75 Å². The van der Waals surface area contributed by atoms with Gasteiger partial charge in [-0.2, -0.15) is 4.98 Å². The van der Waals surface area contributed by atoms with E-state index in [1.807, 2.05) is 37.3 Å². The summed E-state index contributed by atoms with van der Waals surface area (Å²) < 4.78 is 6.84. The molecule has 1 aromatic carbocycles. The topological polar surface area (TPSA) is 73.2 Å². The summed E-state index contributed by atoms with van der Waals surface area (Å²) in [5.74, 6) is 0.741.